The van der Waals surface area contributed by atoms with Gasteiger partial charge in [0.25, 0.3) is 0 Å². The molecule has 3 aromatic rings. The highest BCUT2D eigenvalue weighted by atomic mass is 16.5. The van der Waals surface area contributed by atoms with Crippen molar-refractivity contribution in [2.75, 3.05) is 5.32 Å². The summed E-state index contributed by atoms with van der Waals surface area (Å²) >= 11 is 0. The fourth-order valence-electron chi connectivity index (χ4n) is 2.09. The zero-order valence-corrected chi connectivity index (χ0v) is 13.6. The van der Waals surface area contributed by atoms with Crippen LogP contribution in [0.2, 0.25) is 0 Å². The topological polar surface area (TPSA) is 63.0 Å². The molecular weight excluding hydrogens is 314 g/mol. The van der Waals surface area contributed by atoms with Crippen molar-refractivity contribution < 1.29 is 9.53 Å². The fourth-order valence-corrected chi connectivity index (χ4v) is 2.09. The van der Waals surface area contributed by atoms with Crippen LogP contribution in [0.1, 0.15) is 6.92 Å². The summed E-state index contributed by atoms with van der Waals surface area (Å²) in [7, 11) is 0. The highest BCUT2D eigenvalue weighted by molar-refractivity contribution is 5.88. The average molecular weight is 330 g/mol. The van der Waals surface area contributed by atoms with Gasteiger partial charge in [0.2, 0.25) is 5.91 Å². The summed E-state index contributed by atoms with van der Waals surface area (Å²) in [5, 5.41) is 11.1. The van der Waals surface area contributed by atoms with Gasteiger partial charge in [-0.2, -0.15) is 10.2 Å². The van der Waals surface area contributed by atoms with Crippen LogP contribution in [0.25, 0.3) is 0 Å². The molecule has 0 bridgehead atoms. The largest absolute Gasteiger partial charge is 0.457 e. The van der Waals surface area contributed by atoms with Crippen LogP contribution in [0, 0.1) is 6.07 Å². The maximum atomic E-state index is 11.0. The fraction of sp³-hybridized carbons (Fsp3) is 0.0500. The van der Waals surface area contributed by atoms with Crippen molar-refractivity contribution in [3.05, 3.63) is 78.9 Å². The zero-order valence-electron chi connectivity index (χ0n) is 13.6. The first-order valence-corrected chi connectivity index (χ1v) is 7.72. The van der Waals surface area contributed by atoms with Gasteiger partial charge in [-0.25, -0.2) is 0 Å². The Hall–Kier alpha value is -3.47. The summed E-state index contributed by atoms with van der Waals surface area (Å²) in [6.45, 7) is 1.47. The first kappa shape index (κ1) is 16.4. The SMILES string of the molecule is CC(=O)Nc1ccc(N=Nc2ccc(Oc3cc[c]cc3)cc2)cc1. The van der Waals surface area contributed by atoms with Crippen LogP contribution in [0.15, 0.2) is 83.0 Å². The molecule has 0 saturated heterocycles. The van der Waals surface area contributed by atoms with Crippen LogP contribution < -0.4 is 10.1 Å². The van der Waals surface area contributed by atoms with Crippen molar-refractivity contribution in [3.63, 3.8) is 0 Å². The molecule has 25 heavy (non-hydrogen) atoms. The first-order valence-electron chi connectivity index (χ1n) is 7.72. The Balaban J connectivity index is 1.62. The monoisotopic (exact) mass is 330 g/mol. The maximum Gasteiger partial charge on any atom is 0.221 e. The normalized spacial score (nSPS) is 10.6. The molecule has 1 N–H and O–H groups in total. The molecule has 1 radical (unpaired) electrons. The van der Waals surface area contributed by atoms with Crippen molar-refractivity contribution in [1.82, 2.24) is 0 Å². The van der Waals surface area contributed by atoms with Crippen LogP contribution in [0.4, 0.5) is 17.1 Å². The number of anilines is 1. The second kappa shape index (κ2) is 7.88. The lowest BCUT2D eigenvalue weighted by Crippen LogP contribution is -2.04. The lowest BCUT2D eigenvalue weighted by Gasteiger charge is -2.04. The van der Waals surface area contributed by atoms with E-state index < -0.39 is 0 Å². The molecule has 0 unspecified atom stereocenters. The lowest BCUT2D eigenvalue weighted by molar-refractivity contribution is -0.114. The van der Waals surface area contributed by atoms with E-state index in [1.54, 1.807) is 36.4 Å². The third kappa shape index (κ3) is 5.00. The van der Waals surface area contributed by atoms with Crippen LogP contribution in [-0.4, -0.2) is 5.91 Å². The highest BCUT2D eigenvalue weighted by Gasteiger charge is 1.98. The first-order chi connectivity index (χ1) is 12.2. The molecule has 0 aliphatic rings. The summed E-state index contributed by atoms with van der Waals surface area (Å²) < 4.78 is 5.71. The molecule has 0 saturated carbocycles. The van der Waals surface area contributed by atoms with Gasteiger partial charge in [-0.3, -0.25) is 4.79 Å². The van der Waals surface area contributed by atoms with Gasteiger partial charge in [0, 0.05) is 12.6 Å². The molecule has 5 heteroatoms. The quantitative estimate of drug-likeness (QED) is 0.614. The summed E-state index contributed by atoms with van der Waals surface area (Å²) in [5.74, 6) is 1.38. The van der Waals surface area contributed by atoms with Crippen molar-refractivity contribution >= 4 is 23.0 Å². The predicted molar refractivity (Wildman–Crippen MR) is 96.7 cm³/mol. The Labute approximate surface area is 146 Å². The zero-order chi connectivity index (χ0) is 17.5. The molecule has 0 aromatic heterocycles. The maximum absolute atomic E-state index is 11.0. The number of hydrogen-bond donors (Lipinski definition) is 1. The van der Waals surface area contributed by atoms with E-state index in [0.717, 1.165) is 22.9 Å². The van der Waals surface area contributed by atoms with Gasteiger partial charge >= 0.3 is 0 Å². The third-order valence-corrected chi connectivity index (χ3v) is 3.23. The predicted octanol–water partition coefficient (Wildman–Crippen LogP) is 5.65. The summed E-state index contributed by atoms with van der Waals surface area (Å²) in [6.07, 6.45) is 0. The van der Waals surface area contributed by atoms with E-state index in [4.69, 9.17) is 4.74 Å². The number of hydrogen-bond acceptors (Lipinski definition) is 4. The Morgan fingerprint density at radius 2 is 1.36 bits per heavy atom. The Morgan fingerprint density at radius 3 is 1.92 bits per heavy atom. The van der Waals surface area contributed by atoms with Gasteiger partial charge in [-0.15, -0.1) is 0 Å². The van der Waals surface area contributed by atoms with Crippen LogP contribution >= 0.6 is 0 Å². The van der Waals surface area contributed by atoms with Gasteiger partial charge in [0.05, 0.1) is 11.4 Å². The van der Waals surface area contributed by atoms with E-state index in [2.05, 4.69) is 21.6 Å². The molecule has 0 aliphatic carbocycles. The van der Waals surface area contributed by atoms with Crippen molar-refractivity contribution in [3.8, 4) is 11.5 Å². The van der Waals surface area contributed by atoms with Crippen LogP contribution in [0.5, 0.6) is 11.5 Å². The van der Waals surface area contributed by atoms with Gasteiger partial charge in [-0.05, 0) is 66.7 Å². The average Bonchev–Trinajstić information content (AvgIpc) is 2.63. The number of carbonyl (C=O) groups is 1. The Kier molecular flexibility index (Phi) is 5.16. The number of ether oxygens (including phenoxy) is 1. The van der Waals surface area contributed by atoms with Gasteiger partial charge < -0.3 is 10.1 Å². The number of amides is 1. The van der Waals surface area contributed by atoms with Crippen molar-refractivity contribution in [2.24, 2.45) is 10.2 Å². The Bertz CT molecular complexity index is 858. The second-order valence-corrected chi connectivity index (χ2v) is 5.26. The Morgan fingerprint density at radius 1 is 0.840 bits per heavy atom. The number of nitrogens with zero attached hydrogens (tertiary/aromatic N) is 2. The molecule has 0 atom stereocenters. The molecule has 0 spiro atoms. The van der Waals surface area contributed by atoms with Crippen LogP contribution in [0.3, 0.4) is 0 Å². The molecule has 0 fully saturated rings. The molecule has 1 amide bonds. The molecule has 3 rings (SSSR count). The minimum absolute atomic E-state index is 0.106. The minimum Gasteiger partial charge on any atom is -0.457 e. The lowest BCUT2D eigenvalue weighted by atomic mass is 10.3. The van der Waals surface area contributed by atoms with E-state index in [9.17, 15) is 4.79 Å². The summed E-state index contributed by atoms with van der Waals surface area (Å²) in [6, 6.07) is 24.7. The van der Waals surface area contributed by atoms with E-state index in [1.807, 2.05) is 36.4 Å². The van der Waals surface area contributed by atoms with Gasteiger partial charge in [0.1, 0.15) is 11.5 Å². The van der Waals surface area contributed by atoms with Crippen molar-refractivity contribution in [1.29, 1.82) is 0 Å². The van der Waals surface area contributed by atoms with E-state index in [-0.39, 0.29) is 5.91 Å². The number of benzene rings is 3. The van der Waals surface area contributed by atoms with Crippen LogP contribution in [-0.2, 0) is 4.79 Å². The standard InChI is InChI=1S/C20H16N3O2/c1-15(24)21-16-7-9-17(10-8-16)22-23-18-11-13-20(14-12-18)25-19-5-3-2-4-6-19/h3-14H,1H3,(H,21,24). The van der Waals surface area contributed by atoms with Crippen molar-refractivity contribution in [2.45, 2.75) is 6.92 Å². The number of rotatable bonds is 5. The number of carbonyl (C=O) groups excluding carboxylic acids is 1. The molecule has 0 aliphatic heterocycles. The summed E-state index contributed by atoms with van der Waals surface area (Å²) in [4.78, 5) is 11.0. The molecule has 0 heterocycles. The highest BCUT2D eigenvalue weighted by Crippen LogP contribution is 2.25. The second-order valence-electron chi connectivity index (χ2n) is 5.26. The van der Waals surface area contributed by atoms with Gasteiger partial charge in [-0.1, -0.05) is 12.1 Å². The van der Waals surface area contributed by atoms with E-state index >= 15 is 0 Å². The molecule has 3 aromatic carbocycles. The number of nitrogens with one attached hydrogen (secondary N) is 1. The molecule has 123 valence electrons. The number of azo groups is 1. The smallest absolute Gasteiger partial charge is 0.221 e. The van der Waals surface area contributed by atoms with Gasteiger partial charge in [0.15, 0.2) is 0 Å². The van der Waals surface area contributed by atoms with E-state index in [1.165, 1.54) is 6.92 Å². The third-order valence-electron chi connectivity index (χ3n) is 3.23. The molecule has 5 nitrogen and oxygen atoms in total. The minimum atomic E-state index is -0.106. The summed E-state index contributed by atoms with van der Waals surface area (Å²) in [5.41, 5.74) is 2.15. The molecular formula is C20H16N3O2. The van der Waals surface area contributed by atoms with E-state index in [0.29, 0.717) is 5.69 Å².